The SMILES string of the molecule is Cc1c[nH]c(=O)c(NC(=O)Nc2cnc(C)cn2)c1. The highest BCUT2D eigenvalue weighted by Crippen LogP contribution is 2.04. The molecule has 98 valence electrons. The summed E-state index contributed by atoms with van der Waals surface area (Å²) in [6, 6.07) is 1.04. The third-order valence-electron chi connectivity index (χ3n) is 2.32. The van der Waals surface area contributed by atoms with Crippen LogP contribution in [0.15, 0.2) is 29.5 Å². The van der Waals surface area contributed by atoms with Crippen LogP contribution in [0, 0.1) is 13.8 Å². The predicted octanol–water partition coefficient (Wildman–Crippen LogP) is 1.43. The largest absolute Gasteiger partial charge is 0.327 e. The summed E-state index contributed by atoms with van der Waals surface area (Å²) in [5.41, 5.74) is 1.40. The Balaban J connectivity index is 2.07. The van der Waals surface area contributed by atoms with Crippen LogP contribution >= 0.6 is 0 Å². The van der Waals surface area contributed by atoms with Crippen molar-refractivity contribution in [3.05, 3.63) is 46.3 Å². The van der Waals surface area contributed by atoms with Gasteiger partial charge in [-0.15, -0.1) is 0 Å². The number of nitrogens with zero attached hydrogens (tertiary/aromatic N) is 2. The normalized spacial score (nSPS) is 10.0. The standard InChI is InChI=1S/C12H13N5O2/c1-7-3-9(11(18)15-4-7)16-12(19)17-10-6-13-8(2)5-14-10/h3-6H,1-2H3,(H,15,18)(H2,14,16,17,19). The average molecular weight is 259 g/mol. The molecule has 0 saturated heterocycles. The van der Waals surface area contributed by atoms with Crippen LogP contribution in [0.5, 0.6) is 0 Å². The zero-order valence-corrected chi connectivity index (χ0v) is 10.5. The lowest BCUT2D eigenvalue weighted by Gasteiger charge is -2.06. The summed E-state index contributed by atoms with van der Waals surface area (Å²) < 4.78 is 0. The number of carbonyl (C=O) groups is 1. The number of nitrogens with one attached hydrogen (secondary N) is 3. The molecule has 19 heavy (non-hydrogen) atoms. The smallest absolute Gasteiger partial charge is 0.325 e. The molecule has 3 N–H and O–H groups in total. The van der Waals surface area contributed by atoms with Crippen molar-refractivity contribution < 1.29 is 4.79 Å². The molecule has 2 heterocycles. The summed E-state index contributed by atoms with van der Waals surface area (Å²) in [7, 11) is 0. The van der Waals surface area contributed by atoms with E-state index in [1.165, 1.54) is 12.4 Å². The number of carbonyl (C=O) groups excluding carboxylic acids is 1. The van der Waals surface area contributed by atoms with Crippen molar-refractivity contribution >= 4 is 17.5 Å². The lowest BCUT2D eigenvalue weighted by atomic mass is 10.3. The van der Waals surface area contributed by atoms with Gasteiger partial charge in [0, 0.05) is 6.20 Å². The van der Waals surface area contributed by atoms with Crippen molar-refractivity contribution in [3.8, 4) is 0 Å². The molecule has 0 aliphatic heterocycles. The second-order valence-electron chi connectivity index (χ2n) is 4.04. The maximum Gasteiger partial charge on any atom is 0.325 e. The van der Waals surface area contributed by atoms with Crippen molar-refractivity contribution in [1.82, 2.24) is 15.0 Å². The Labute approximate surface area is 109 Å². The maximum absolute atomic E-state index is 11.7. The minimum absolute atomic E-state index is 0.178. The summed E-state index contributed by atoms with van der Waals surface area (Å²) in [5, 5.41) is 4.94. The van der Waals surface area contributed by atoms with Crippen LogP contribution in [-0.4, -0.2) is 21.0 Å². The van der Waals surface area contributed by atoms with E-state index >= 15 is 0 Å². The molecule has 0 aliphatic rings. The molecule has 0 spiro atoms. The van der Waals surface area contributed by atoms with Crippen LogP contribution in [0.3, 0.4) is 0 Å². The Kier molecular flexibility index (Phi) is 3.56. The number of rotatable bonds is 2. The van der Waals surface area contributed by atoms with Gasteiger partial charge in [0.2, 0.25) is 0 Å². The van der Waals surface area contributed by atoms with Crippen LogP contribution in [0.25, 0.3) is 0 Å². The quantitative estimate of drug-likeness (QED) is 0.759. The fourth-order valence-corrected chi connectivity index (χ4v) is 1.41. The number of amides is 2. The van der Waals surface area contributed by atoms with Gasteiger partial charge < -0.3 is 10.3 Å². The van der Waals surface area contributed by atoms with Crippen molar-refractivity contribution in [2.24, 2.45) is 0 Å². The molecular weight excluding hydrogens is 246 g/mol. The first-order valence-electron chi connectivity index (χ1n) is 5.60. The van der Waals surface area contributed by atoms with Crippen LogP contribution in [0.2, 0.25) is 0 Å². The van der Waals surface area contributed by atoms with Crippen molar-refractivity contribution in [2.45, 2.75) is 13.8 Å². The summed E-state index contributed by atoms with van der Waals surface area (Å²) in [6.07, 6.45) is 4.54. The maximum atomic E-state index is 11.7. The summed E-state index contributed by atoms with van der Waals surface area (Å²) >= 11 is 0. The molecule has 0 aromatic carbocycles. The Morgan fingerprint density at radius 3 is 2.68 bits per heavy atom. The number of anilines is 2. The molecule has 0 bridgehead atoms. The second kappa shape index (κ2) is 5.30. The van der Waals surface area contributed by atoms with E-state index < -0.39 is 6.03 Å². The number of aryl methyl sites for hydroxylation is 2. The van der Waals surface area contributed by atoms with Gasteiger partial charge in [-0.2, -0.15) is 0 Å². The Morgan fingerprint density at radius 2 is 2.00 bits per heavy atom. The van der Waals surface area contributed by atoms with Gasteiger partial charge in [0.1, 0.15) is 5.69 Å². The first kappa shape index (κ1) is 12.7. The molecule has 0 saturated carbocycles. The number of aromatic amines is 1. The zero-order valence-electron chi connectivity index (χ0n) is 10.5. The molecule has 7 nitrogen and oxygen atoms in total. The van der Waals surface area contributed by atoms with E-state index in [9.17, 15) is 9.59 Å². The second-order valence-corrected chi connectivity index (χ2v) is 4.04. The van der Waals surface area contributed by atoms with Gasteiger partial charge in [0.15, 0.2) is 5.82 Å². The third kappa shape index (κ3) is 3.38. The van der Waals surface area contributed by atoms with Crippen LogP contribution in [-0.2, 0) is 0 Å². The van der Waals surface area contributed by atoms with E-state index in [1.54, 1.807) is 19.2 Å². The highest BCUT2D eigenvalue weighted by atomic mass is 16.2. The fraction of sp³-hybridized carbons (Fsp3) is 0.167. The van der Waals surface area contributed by atoms with Gasteiger partial charge >= 0.3 is 6.03 Å². The number of pyridine rings is 1. The van der Waals surface area contributed by atoms with Gasteiger partial charge in [-0.3, -0.25) is 15.1 Å². The molecule has 2 aromatic rings. The van der Waals surface area contributed by atoms with E-state index in [0.29, 0.717) is 5.82 Å². The Hall–Kier alpha value is -2.70. The van der Waals surface area contributed by atoms with Gasteiger partial charge in [-0.05, 0) is 25.5 Å². The van der Waals surface area contributed by atoms with Gasteiger partial charge in [-0.25, -0.2) is 9.78 Å². The third-order valence-corrected chi connectivity index (χ3v) is 2.32. The Morgan fingerprint density at radius 1 is 1.21 bits per heavy atom. The lowest BCUT2D eigenvalue weighted by molar-refractivity contribution is 0.262. The summed E-state index contributed by atoms with van der Waals surface area (Å²) in [4.78, 5) is 33.7. The first-order chi connectivity index (χ1) is 9.04. The Bertz CT molecular complexity index is 648. The topological polar surface area (TPSA) is 99.8 Å². The highest BCUT2D eigenvalue weighted by Gasteiger charge is 2.06. The van der Waals surface area contributed by atoms with Crippen molar-refractivity contribution in [1.29, 1.82) is 0 Å². The molecule has 0 aliphatic carbocycles. The first-order valence-corrected chi connectivity index (χ1v) is 5.60. The van der Waals surface area contributed by atoms with Crippen molar-refractivity contribution in [3.63, 3.8) is 0 Å². The molecule has 0 fully saturated rings. The average Bonchev–Trinajstić information content (AvgIpc) is 2.37. The molecule has 0 atom stereocenters. The molecule has 2 aromatic heterocycles. The van der Waals surface area contributed by atoms with Crippen LogP contribution in [0.4, 0.5) is 16.3 Å². The summed E-state index contributed by atoms with van der Waals surface area (Å²) in [6.45, 7) is 3.60. The molecular formula is C12H13N5O2. The van der Waals surface area contributed by atoms with E-state index in [0.717, 1.165) is 11.3 Å². The molecule has 0 radical (unpaired) electrons. The van der Waals surface area contributed by atoms with E-state index in [2.05, 4.69) is 25.6 Å². The zero-order chi connectivity index (χ0) is 13.8. The van der Waals surface area contributed by atoms with Crippen LogP contribution < -0.4 is 16.2 Å². The monoisotopic (exact) mass is 259 g/mol. The summed E-state index contributed by atoms with van der Waals surface area (Å²) in [5.74, 6) is 0.312. The van der Waals surface area contributed by atoms with E-state index in [-0.39, 0.29) is 11.2 Å². The predicted molar refractivity (Wildman–Crippen MR) is 71.2 cm³/mol. The highest BCUT2D eigenvalue weighted by molar-refractivity contribution is 5.98. The molecule has 7 heteroatoms. The molecule has 2 rings (SSSR count). The number of H-pyrrole nitrogens is 1. The van der Waals surface area contributed by atoms with Crippen molar-refractivity contribution in [2.75, 3.05) is 10.6 Å². The van der Waals surface area contributed by atoms with E-state index in [1.807, 2.05) is 6.92 Å². The lowest BCUT2D eigenvalue weighted by Crippen LogP contribution is -2.24. The van der Waals surface area contributed by atoms with Gasteiger partial charge in [-0.1, -0.05) is 0 Å². The minimum atomic E-state index is -0.547. The number of urea groups is 1. The number of aromatic nitrogens is 3. The van der Waals surface area contributed by atoms with Gasteiger partial charge in [0.05, 0.1) is 18.1 Å². The van der Waals surface area contributed by atoms with Crippen LogP contribution in [0.1, 0.15) is 11.3 Å². The minimum Gasteiger partial charge on any atom is -0.327 e. The molecule has 2 amide bonds. The van der Waals surface area contributed by atoms with Gasteiger partial charge in [0.25, 0.3) is 5.56 Å². The molecule has 0 unspecified atom stereocenters. The number of hydrogen-bond acceptors (Lipinski definition) is 4. The van der Waals surface area contributed by atoms with E-state index in [4.69, 9.17) is 0 Å². The number of hydrogen-bond donors (Lipinski definition) is 3. The fourth-order valence-electron chi connectivity index (χ4n) is 1.41.